The van der Waals surface area contributed by atoms with Crippen LogP contribution in [0.2, 0.25) is 0 Å². The van der Waals surface area contributed by atoms with Crippen LogP contribution in [0.1, 0.15) is 12.1 Å². The SMILES string of the molecule is N#C[C@@H]1C[C@H]1C(=O)Cc1cc2cc(-n3c(=O)oc4ccccc43)cc(N)c2cn1. The van der Waals surface area contributed by atoms with Crippen molar-refractivity contribution in [3.05, 3.63) is 64.9 Å². The lowest BCUT2D eigenvalue weighted by atomic mass is 10.1. The molecule has 7 heteroatoms. The summed E-state index contributed by atoms with van der Waals surface area (Å²) in [6.07, 6.45) is 2.45. The number of hydrogen-bond donors (Lipinski definition) is 1. The third kappa shape index (κ3) is 2.86. The summed E-state index contributed by atoms with van der Waals surface area (Å²) in [6.45, 7) is 0. The van der Waals surface area contributed by atoms with Gasteiger partial charge in [-0.15, -0.1) is 0 Å². The average Bonchev–Trinajstić information content (AvgIpc) is 3.42. The molecule has 7 nitrogen and oxygen atoms in total. The summed E-state index contributed by atoms with van der Waals surface area (Å²) < 4.78 is 6.79. The third-order valence-corrected chi connectivity index (χ3v) is 5.38. The van der Waals surface area contributed by atoms with Gasteiger partial charge in [-0.25, -0.2) is 9.36 Å². The molecular weight excluding hydrogens is 368 g/mol. The maximum atomic E-state index is 12.4. The van der Waals surface area contributed by atoms with E-state index in [4.69, 9.17) is 15.4 Å². The molecule has 142 valence electrons. The van der Waals surface area contributed by atoms with Gasteiger partial charge in [0.15, 0.2) is 5.58 Å². The van der Waals surface area contributed by atoms with Crippen LogP contribution in [0.25, 0.3) is 27.6 Å². The van der Waals surface area contributed by atoms with Crippen molar-refractivity contribution in [2.45, 2.75) is 12.8 Å². The number of carbonyl (C=O) groups is 1. The second-order valence-corrected chi connectivity index (χ2v) is 7.32. The number of nitrogens with zero attached hydrogens (tertiary/aromatic N) is 3. The van der Waals surface area contributed by atoms with Crippen molar-refractivity contribution < 1.29 is 9.21 Å². The highest BCUT2D eigenvalue weighted by Crippen LogP contribution is 2.39. The number of carbonyl (C=O) groups excluding carboxylic acids is 1. The molecule has 29 heavy (non-hydrogen) atoms. The quantitative estimate of drug-likeness (QED) is 0.541. The number of Topliss-reactive ketones (excluding diaryl/α,β-unsaturated/α-hetero) is 1. The van der Waals surface area contributed by atoms with E-state index in [2.05, 4.69) is 11.1 Å². The van der Waals surface area contributed by atoms with Crippen molar-refractivity contribution in [3.63, 3.8) is 0 Å². The number of fused-ring (bicyclic) bond motifs is 2. The van der Waals surface area contributed by atoms with Crippen molar-refractivity contribution in [3.8, 4) is 11.8 Å². The van der Waals surface area contributed by atoms with Gasteiger partial charge in [0.2, 0.25) is 0 Å². The standard InChI is InChI=1S/C22H16N4O3/c23-10-13-7-16(13)20(27)8-14-5-12-6-15(9-18(24)17(12)11-25-14)26-19-3-1-2-4-21(19)29-22(26)28/h1-6,9,11,13,16H,7-8,24H2/t13-,16+/m0/s1. The zero-order valence-electron chi connectivity index (χ0n) is 15.3. The minimum Gasteiger partial charge on any atom is -0.407 e. The zero-order chi connectivity index (χ0) is 20.1. The summed E-state index contributed by atoms with van der Waals surface area (Å²) in [5, 5.41) is 10.4. The largest absolute Gasteiger partial charge is 0.424 e. The van der Waals surface area contributed by atoms with E-state index in [1.54, 1.807) is 30.5 Å². The number of ketones is 1. The van der Waals surface area contributed by atoms with Gasteiger partial charge in [0, 0.05) is 35.3 Å². The second kappa shape index (κ2) is 6.31. The number of benzene rings is 2. The summed E-state index contributed by atoms with van der Waals surface area (Å²) in [5.41, 5.74) is 9.04. The molecule has 2 atom stereocenters. The monoisotopic (exact) mass is 384 g/mol. The highest BCUT2D eigenvalue weighted by atomic mass is 16.4. The molecule has 2 heterocycles. The van der Waals surface area contributed by atoms with Gasteiger partial charge >= 0.3 is 5.76 Å². The van der Waals surface area contributed by atoms with Crippen LogP contribution >= 0.6 is 0 Å². The number of anilines is 1. The smallest absolute Gasteiger partial charge is 0.407 e. The Kier molecular flexibility index (Phi) is 3.74. The number of aromatic nitrogens is 2. The molecule has 4 aromatic rings. The molecule has 1 fully saturated rings. The van der Waals surface area contributed by atoms with E-state index >= 15 is 0 Å². The number of oxazole rings is 1. The van der Waals surface area contributed by atoms with Gasteiger partial charge in [-0.2, -0.15) is 5.26 Å². The first kappa shape index (κ1) is 17.2. The van der Waals surface area contributed by atoms with Crippen molar-refractivity contribution in [1.82, 2.24) is 9.55 Å². The van der Waals surface area contributed by atoms with Gasteiger partial charge in [0.05, 0.1) is 23.2 Å². The molecular formula is C22H16N4O3. The van der Waals surface area contributed by atoms with E-state index in [0.717, 1.165) is 10.8 Å². The Morgan fingerprint density at radius 2 is 2.14 bits per heavy atom. The van der Waals surface area contributed by atoms with E-state index in [1.165, 1.54) is 4.57 Å². The molecule has 1 aliphatic carbocycles. The van der Waals surface area contributed by atoms with Gasteiger partial charge in [-0.05, 0) is 42.1 Å². The number of rotatable bonds is 4. The predicted molar refractivity (Wildman–Crippen MR) is 107 cm³/mol. The molecule has 0 amide bonds. The molecule has 5 rings (SSSR count). The number of nitriles is 1. The van der Waals surface area contributed by atoms with Gasteiger partial charge in [0.1, 0.15) is 5.78 Å². The summed E-state index contributed by atoms with van der Waals surface area (Å²) in [4.78, 5) is 29.1. The number of hydrogen-bond acceptors (Lipinski definition) is 6. The fourth-order valence-electron chi connectivity index (χ4n) is 3.75. The Morgan fingerprint density at radius 3 is 2.93 bits per heavy atom. The summed E-state index contributed by atoms with van der Waals surface area (Å²) in [6, 6.07) is 14.7. The molecule has 0 aliphatic heterocycles. The average molecular weight is 384 g/mol. The van der Waals surface area contributed by atoms with E-state index < -0.39 is 5.76 Å². The molecule has 2 aromatic heterocycles. The Labute approximate surface area is 165 Å². The molecule has 1 saturated carbocycles. The Morgan fingerprint density at radius 1 is 1.31 bits per heavy atom. The first-order chi connectivity index (χ1) is 14.0. The van der Waals surface area contributed by atoms with Crippen LogP contribution in [0.4, 0.5) is 5.69 Å². The lowest BCUT2D eigenvalue weighted by molar-refractivity contribution is -0.119. The van der Waals surface area contributed by atoms with Crippen molar-refractivity contribution in [2.75, 3.05) is 5.73 Å². The van der Waals surface area contributed by atoms with Crippen LogP contribution in [-0.4, -0.2) is 15.3 Å². The molecule has 0 radical (unpaired) electrons. The molecule has 0 bridgehead atoms. The van der Waals surface area contributed by atoms with Crippen LogP contribution in [0.5, 0.6) is 0 Å². The van der Waals surface area contributed by atoms with Gasteiger partial charge < -0.3 is 10.2 Å². The summed E-state index contributed by atoms with van der Waals surface area (Å²) in [5.74, 6) is -0.800. The van der Waals surface area contributed by atoms with Crippen molar-refractivity contribution in [1.29, 1.82) is 5.26 Å². The van der Waals surface area contributed by atoms with Crippen molar-refractivity contribution >= 4 is 33.3 Å². The molecule has 2 N–H and O–H groups in total. The second-order valence-electron chi connectivity index (χ2n) is 7.32. The van der Waals surface area contributed by atoms with Crippen LogP contribution < -0.4 is 11.5 Å². The molecule has 1 aliphatic rings. The highest BCUT2D eigenvalue weighted by molar-refractivity contribution is 5.95. The lowest BCUT2D eigenvalue weighted by Crippen LogP contribution is -2.12. The number of nitrogens with two attached hydrogens (primary N) is 1. The number of pyridine rings is 1. The summed E-state index contributed by atoms with van der Waals surface area (Å²) >= 11 is 0. The maximum absolute atomic E-state index is 12.4. The third-order valence-electron chi connectivity index (χ3n) is 5.38. The minimum absolute atomic E-state index is 0.0320. The van der Waals surface area contributed by atoms with Crippen LogP contribution in [0, 0.1) is 23.2 Å². The maximum Gasteiger partial charge on any atom is 0.424 e. The fraction of sp³-hybridized carbons (Fsp3) is 0.182. The normalized spacial score (nSPS) is 18.0. The summed E-state index contributed by atoms with van der Waals surface area (Å²) in [7, 11) is 0. The van der Waals surface area contributed by atoms with E-state index in [1.807, 2.05) is 18.2 Å². The van der Waals surface area contributed by atoms with Gasteiger partial charge in [-0.1, -0.05) is 12.1 Å². The van der Waals surface area contributed by atoms with Crippen LogP contribution in [0.15, 0.2) is 57.9 Å². The molecule has 0 unspecified atom stereocenters. The van der Waals surface area contributed by atoms with Crippen LogP contribution in [-0.2, 0) is 11.2 Å². The fourth-order valence-corrected chi connectivity index (χ4v) is 3.75. The Hall–Kier alpha value is -3.92. The lowest BCUT2D eigenvalue weighted by Gasteiger charge is -2.09. The van der Waals surface area contributed by atoms with E-state index in [0.29, 0.717) is 34.6 Å². The number of nitrogen functional groups attached to an aromatic ring is 1. The molecule has 0 saturated heterocycles. The van der Waals surface area contributed by atoms with Gasteiger partial charge in [0.25, 0.3) is 0 Å². The van der Waals surface area contributed by atoms with E-state index in [-0.39, 0.29) is 24.0 Å². The topological polar surface area (TPSA) is 115 Å². The zero-order valence-corrected chi connectivity index (χ0v) is 15.3. The Balaban J connectivity index is 1.58. The first-order valence-electron chi connectivity index (χ1n) is 9.26. The molecule has 2 aromatic carbocycles. The highest BCUT2D eigenvalue weighted by Gasteiger charge is 2.42. The van der Waals surface area contributed by atoms with Crippen molar-refractivity contribution in [2.24, 2.45) is 11.8 Å². The molecule has 0 spiro atoms. The number of para-hydroxylation sites is 2. The predicted octanol–water partition coefficient (Wildman–Crippen LogP) is 2.99. The van der Waals surface area contributed by atoms with Crippen LogP contribution in [0.3, 0.4) is 0 Å². The Bertz CT molecular complexity index is 1390. The minimum atomic E-state index is -0.495. The van der Waals surface area contributed by atoms with E-state index in [9.17, 15) is 9.59 Å². The first-order valence-corrected chi connectivity index (χ1v) is 9.26. The van der Waals surface area contributed by atoms with Gasteiger partial charge in [-0.3, -0.25) is 9.78 Å².